The smallest absolute Gasteiger partial charge is 0.237 e. The minimum atomic E-state index is -0.382. The van der Waals surface area contributed by atoms with Gasteiger partial charge in [-0.25, -0.2) is 4.90 Å². The Balaban J connectivity index is 1.92. The van der Waals surface area contributed by atoms with E-state index in [0.29, 0.717) is 12.1 Å². The van der Waals surface area contributed by atoms with E-state index < -0.39 is 0 Å². The molecule has 1 aromatic carbocycles. The highest BCUT2D eigenvalue weighted by Gasteiger charge is 2.44. The van der Waals surface area contributed by atoms with Crippen molar-refractivity contribution >= 4 is 23.3 Å². The van der Waals surface area contributed by atoms with Gasteiger partial charge in [0, 0.05) is 12.8 Å². The van der Waals surface area contributed by atoms with Crippen molar-refractivity contribution in [3.63, 3.8) is 0 Å². The predicted octanol–water partition coefficient (Wildman–Crippen LogP) is 4.18. The lowest BCUT2D eigenvalue weighted by Crippen LogP contribution is -2.34. The molecule has 1 aliphatic carbocycles. The fourth-order valence-corrected chi connectivity index (χ4v) is 4.04. The van der Waals surface area contributed by atoms with Crippen LogP contribution in [0.3, 0.4) is 0 Å². The van der Waals surface area contributed by atoms with Gasteiger partial charge >= 0.3 is 0 Å². The molecule has 4 heteroatoms. The number of ketones is 1. The Bertz CT molecular complexity index is 785. The maximum absolute atomic E-state index is 13.2. The molecule has 1 saturated heterocycles. The quantitative estimate of drug-likeness (QED) is 0.766. The van der Waals surface area contributed by atoms with Gasteiger partial charge in [-0.2, -0.15) is 0 Å². The lowest BCUT2D eigenvalue weighted by Gasteiger charge is -2.27. The second kappa shape index (κ2) is 6.82. The van der Waals surface area contributed by atoms with E-state index in [4.69, 9.17) is 0 Å². The van der Waals surface area contributed by atoms with Gasteiger partial charge in [-0.1, -0.05) is 51.5 Å². The summed E-state index contributed by atoms with van der Waals surface area (Å²) in [4.78, 5) is 39.0. The molecule has 1 aromatic rings. The van der Waals surface area contributed by atoms with E-state index in [2.05, 4.69) is 20.8 Å². The molecule has 1 aliphatic heterocycles. The molecule has 26 heavy (non-hydrogen) atoms. The first-order valence-electron chi connectivity index (χ1n) is 9.39. The molecule has 0 saturated carbocycles. The number of benzene rings is 1. The molecule has 0 bridgehead atoms. The molecular weight excluding hydrogens is 326 g/mol. The fourth-order valence-electron chi connectivity index (χ4n) is 4.04. The number of anilines is 1. The summed E-state index contributed by atoms with van der Waals surface area (Å²) in [5.41, 5.74) is 2.53. The molecule has 0 aromatic heterocycles. The van der Waals surface area contributed by atoms with Crippen LogP contribution in [0.5, 0.6) is 0 Å². The highest BCUT2D eigenvalue weighted by Crippen LogP contribution is 2.39. The van der Waals surface area contributed by atoms with Crippen LogP contribution in [0.25, 0.3) is 0 Å². The normalized spacial score (nSPS) is 22.6. The van der Waals surface area contributed by atoms with E-state index in [1.165, 1.54) is 4.90 Å². The van der Waals surface area contributed by atoms with Crippen LogP contribution >= 0.6 is 0 Å². The van der Waals surface area contributed by atoms with Crippen LogP contribution in [0, 0.1) is 11.8 Å². The summed E-state index contributed by atoms with van der Waals surface area (Å²) >= 11 is 0. The molecule has 3 rings (SSSR count). The SMILES string of the molecule is C[C@H](C1=CC(=O)CCC1)[C@H]1CC(=O)N(c2ccccc2C(C)(C)C)C1=O. The Morgan fingerprint density at radius 2 is 1.77 bits per heavy atom. The Labute approximate surface area is 155 Å². The molecule has 4 nitrogen and oxygen atoms in total. The van der Waals surface area contributed by atoms with Crippen LogP contribution in [0.15, 0.2) is 35.9 Å². The van der Waals surface area contributed by atoms with Crippen molar-refractivity contribution in [1.82, 2.24) is 0 Å². The Hall–Kier alpha value is -2.23. The fraction of sp³-hybridized carbons (Fsp3) is 0.500. The number of allylic oxidation sites excluding steroid dienone is 2. The van der Waals surface area contributed by atoms with Crippen molar-refractivity contribution in [2.45, 2.75) is 58.8 Å². The summed E-state index contributed by atoms with van der Waals surface area (Å²) < 4.78 is 0. The number of carbonyl (C=O) groups is 3. The Kier molecular flexibility index (Phi) is 4.87. The number of rotatable bonds is 3. The number of imide groups is 1. The summed E-state index contributed by atoms with van der Waals surface area (Å²) in [6.07, 6.45) is 4.16. The molecule has 2 atom stereocenters. The second-order valence-electron chi connectivity index (χ2n) is 8.47. The lowest BCUT2D eigenvalue weighted by atomic mass is 9.81. The van der Waals surface area contributed by atoms with Gasteiger partial charge < -0.3 is 0 Å². The van der Waals surface area contributed by atoms with E-state index in [9.17, 15) is 14.4 Å². The number of amides is 2. The van der Waals surface area contributed by atoms with Crippen LogP contribution in [0.1, 0.15) is 58.9 Å². The van der Waals surface area contributed by atoms with Crippen LogP contribution in [-0.2, 0) is 19.8 Å². The van der Waals surface area contributed by atoms with Crippen LogP contribution in [0.4, 0.5) is 5.69 Å². The van der Waals surface area contributed by atoms with Crippen molar-refractivity contribution in [3.05, 3.63) is 41.5 Å². The van der Waals surface area contributed by atoms with Gasteiger partial charge in [-0.15, -0.1) is 0 Å². The molecule has 2 aliphatic rings. The highest BCUT2D eigenvalue weighted by atomic mass is 16.2. The van der Waals surface area contributed by atoms with Gasteiger partial charge in [-0.3, -0.25) is 14.4 Å². The molecule has 2 amide bonds. The Morgan fingerprint density at radius 1 is 1.08 bits per heavy atom. The third-order valence-electron chi connectivity index (χ3n) is 5.56. The second-order valence-corrected chi connectivity index (χ2v) is 8.47. The molecule has 0 radical (unpaired) electrons. The number of carbonyl (C=O) groups excluding carboxylic acids is 3. The molecule has 0 unspecified atom stereocenters. The van der Waals surface area contributed by atoms with Gasteiger partial charge in [0.25, 0.3) is 0 Å². The summed E-state index contributed by atoms with van der Waals surface area (Å²) in [5, 5.41) is 0. The third-order valence-corrected chi connectivity index (χ3v) is 5.56. The highest BCUT2D eigenvalue weighted by molar-refractivity contribution is 6.21. The average Bonchev–Trinajstić information content (AvgIpc) is 2.88. The van der Waals surface area contributed by atoms with Crippen LogP contribution in [-0.4, -0.2) is 17.6 Å². The lowest BCUT2D eigenvalue weighted by molar-refractivity contribution is -0.123. The van der Waals surface area contributed by atoms with Crippen molar-refractivity contribution in [3.8, 4) is 0 Å². The largest absolute Gasteiger partial charge is 0.295 e. The summed E-state index contributed by atoms with van der Waals surface area (Å²) in [5.74, 6) is -0.621. The Morgan fingerprint density at radius 3 is 2.42 bits per heavy atom. The first-order valence-corrected chi connectivity index (χ1v) is 9.39. The van der Waals surface area contributed by atoms with Crippen molar-refractivity contribution in [2.24, 2.45) is 11.8 Å². The first kappa shape index (κ1) is 18.6. The minimum absolute atomic E-state index is 0.0810. The minimum Gasteiger partial charge on any atom is -0.295 e. The molecule has 0 spiro atoms. The van der Waals surface area contributed by atoms with Gasteiger partial charge in [0.2, 0.25) is 11.8 Å². The maximum Gasteiger partial charge on any atom is 0.237 e. The molecule has 1 heterocycles. The monoisotopic (exact) mass is 353 g/mol. The zero-order valence-electron chi connectivity index (χ0n) is 16.0. The van der Waals surface area contributed by atoms with Crippen LogP contribution in [0.2, 0.25) is 0 Å². The van der Waals surface area contributed by atoms with Gasteiger partial charge in [0.05, 0.1) is 11.6 Å². The van der Waals surface area contributed by atoms with E-state index >= 15 is 0 Å². The van der Waals surface area contributed by atoms with Gasteiger partial charge in [0.1, 0.15) is 0 Å². The van der Waals surface area contributed by atoms with Crippen LogP contribution < -0.4 is 4.90 Å². The summed E-state index contributed by atoms with van der Waals surface area (Å²) in [7, 11) is 0. The number of para-hydroxylation sites is 1. The topological polar surface area (TPSA) is 54.5 Å². The van der Waals surface area contributed by atoms with Crippen molar-refractivity contribution in [2.75, 3.05) is 4.90 Å². The molecule has 1 fully saturated rings. The summed E-state index contributed by atoms with van der Waals surface area (Å²) in [6, 6.07) is 7.64. The van der Waals surface area contributed by atoms with E-state index in [1.807, 2.05) is 31.2 Å². The molecule has 138 valence electrons. The average molecular weight is 353 g/mol. The molecule has 0 N–H and O–H groups in total. The zero-order valence-corrected chi connectivity index (χ0v) is 16.0. The van der Waals surface area contributed by atoms with Crippen molar-refractivity contribution < 1.29 is 14.4 Å². The zero-order chi connectivity index (χ0) is 19.1. The van der Waals surface area contributed by atoms with E-state index in [-0.39, 0.29) is 41.3 Å². The predicted molar refractivity (Wildman–Crippen MR) is 102 cm³/mol. The third kappa shape index (κ3) is 3.37. The standard InChI is InChI=1S/C22H27NO3/c1-14(15-8-7-9-16(24)12-15)17-13-20(25)23(21(17)26)19-11-6-5-10-18(19)22(2,3)4/h5-6,10-12,14,17H,7-9,13H2,1-4H3/t14-,17-/m1/s1. The number of hydrogen-bond donors (Lipinski definition) is 0. The van der Waals surface area contributed by atoms with Gasteiger partial charge in [0.15, 0.2) is 5.78 Å². The van der Waals surface area contributed by atoms with E-state index in [1.54, 1.807) is 6.08 Å². The van der Waals surface area contributed by atoms with Crippen molar-refractivity contribution in [1.29, 1.82) is 0 Å². The van der Waals surface area contributed by atoms with E-state index in [0.717, 1.165) is 24.0 Å². The number of nitrogens with zero attached hydrogens (tertiary/aromatic N) is 1. The maximum atomic E-state index is 13.2. The van der Waals surface area contributed by atoms with Gasteiger partial charge in [-0.05, 0) is 41.9 Å². The first-order chi connectivity index (χ1) is 12.2. The number of hydrogen-bond acceptors (Lipinski definition) is 3. The summed E-state index contributed by atoms with van der Waals surface area (Å²) in [6.45, 7) is 8.21. The molecular formula is C22H27NO3.